The average Bonchev–Trinajstić information content (AvgIpc) is 3.47. The number of hydrogen-bond donors (Lipinski definition) is 1. The molecule has 3 atom stereocenters. The fourth-order valence-electron chi connectivity index (χ4n) is 5.88. The number of esters is 2. The van der Waals surface area contributed by atoms with E-state index in [4.69, 9.17) is 14.2 Å². The van der Waals surface area contributed by atoms with Crippen molar-refractivity contribution in [3.63, 3.8) is 0 Å². The second kappa shape index (κ2) is 8.48. The third kappa shape index (κ3) is 3.45. The Balaban J connectivity index is 1.29. The topological polar surface area (TPSA) is 106 Å². The summed E-state index contributed by atoms with van der Waals surface area (Å²) in [5.74, 6) is -0.696. The van der Waals surface area contributed by atoms with Crippen molar-refractivity contribution in [2.45, 2.75) is 45.5 Å². The molecule has 9 heteroatoms. The van der Waals surface area contributed by atoms with Crippen molar-refractivity contribution in [2.75, 3.05) is 39.9 Å². The van der Waals surface area contributed by atoms with E-state index in [1.165, 1.54) is 0 Å². The first-order valence-electron chi connectivity index (χ1n) is 11.7. The van der Waals surface area contributed by atoms with Gasteiger partial charge in [-0.15, -0.1) is 0 Å². The number of carbonyl (C=O) groups excluding carboxylic acids is 3. The number of nitrogens with zero attached hydrogens (tertiary/aromatic N) is 2. The van der Waals surface area contributed by atoms with E-state index in [-0.39, 0.29) is 37.2 Å². The first-order chi connectivity index (χ1) is 16.3. The van der Waals surface area contributed by atoms with Gasteiger partial charge in [0.25, 0.3) is 0 Å². The largest absolute Gasteiger partial charge is 0.457 e. The van der Waals surface area contributed by atoms with E-state index in [1.807, 2.05) is 6.92 Å². The highest BCUT2D eigenvalue weighted by atomic mass is 16.5. The van der Waals surface area contributed by atoms with E-state index in [0.29, 0.717) is 55.9 Å². The summed E-state index contributed by atoms with van der Waals surface area (Å²) in [4.78, 5) is 41.0. The first kappa shape index (κ1) is 23.0. The molecule has 1 amide bonds. The van der Waals surface area contributed by atoms with E-state index in [9.17, 15) is 19.5 Å². The lowest BCUT2D eigenvalue weighted by molar-refractivity contribution is -0.149. The molecule has 4 heterocycles. The summed E-state index contributed by atoms with van der Waals surface area (Å²) in [6, 6.07) is 3.52. The molecule has 0 aliphatic carbocycles. The highest BCUT2D eigenvalue weighted by Gasteiger charge is 2.55. The molecule has 0 bridgehead atoms. The first-order valence-corrected chi connectivity index (χ1v) is 11.7. The number of cyclic esters (lactones) is 2. The number of methoxy groups -OCH3 is 1. The number of aliphatic hydroxyl groups excluding tert-OH is 1. The zero-order valence-electron chi connectivity index (χ0n) is 19.8. The van der Waals surface area contributed by atoms with E-state index in [0.717, 1.165) is 16.7 Å². The number of likely N-dealkylation sites (tertiary alicyclic amines) is 2. The summed E-state index contributed by atoms with van der Waals surface area (Å²) in [6.07, 6.45) is 0.207. The van der Waals surface area contributed by atoms with Gasteiger partial charge in [-0.25, -0.2) is 9.59 Å². The van der Waals surface area contributed by atoms with Gasteiger partial charge in [0, 0.05) is 32.3 Å². The average molecular weight is 471 g/mol. The fraction of sp³-hybridized carbons (Fsp3) is 0.560. The van der Waals surface area contributed by atoms with Crippen LogP contribution in [0, 0.1) is 12.3 Å². The normalized spacial score (nSPS) is 28.1. The van der Waals surface area contributed by atoms with Crippen molar-refractivity contribution in [3.8, 4) is 0 Å². The van der Waals surface area contributed by atoms with Gasteiger partial charge in [0.1, 0.15) is 13.2 Å². The van der Waals surface area contributed by atoms with Gasteiger partial charge in [0.2, 0.25) is 5.91 Å². The van der Waals surface area contributed by atoms with E-state index in [2.05, 4.69) is 4.90 Å². The highest BCUT2D eigenvalue weighted by Crippen LogP contribution is 2.45. The maximum absolute atomic E-state index is 13.6. The Morgan fingerprint density at radius 3 is 2.56 bits per heavy atom. The Morgan fingerprint density at radius 2 is 1.85 bits per heavy atom. The minimum Gasteiger partial charge on any atom is -0.457 e. The number of carbonyl (C=O) groups is 3. The summed E-state index contributed by atoms with van der Waals surface area (Å²) in [7, 11) is 1.62. The van der Waals surface area contributed by atoms with Crippen molar-refractivity contribution in [1.29, 1.82) is 0 Å². The smallest absolute Gasteiger partial charge is 0.338 e. The summed E-state index contributed by atoms with van der Waals surface area (Å²) in [5.41, 5.74) is 3.58. The molecular weight excluding hydrogens is 440 g/mol. The number of ether oxygens (including phenoxy) is 3. The van der Waals surface area contributed by atoms with Crippen LogP contribution in [-0.2, 0) is 30.4 Å². The van der Waals surface area contributed by atoms with Crippen LogP contribution in [0.15, 0.2) is 23.4 Å². The molecule has 182 valence electrons. The van der Waals surface area contributed by atoms with Gasteiger partial charge in [-0.05, 0) is 50.4 Å². The van der Waals surface area contributed by atoms with Crippen molar-refractivity contribution < 1.29 is 33.7 Å². The second-order valence-corrected chi connectivity index (χ2v) is 9.64. The molecule has 2 saturated heterocycles. The Hall–Kier alpha value is -2.75. The van der Waals surface area contributed by atoms with E-state index < -0.39 is 11.5 Å². The number of benzene rings is 1. The van der Waals surface area contributed by atoms with Gasteiger partial charge in [0.15, 0.2) is 0 Å². The summed E-state index contributed by atoms with van der Waals surface area (Å²) < 4.78 is 16.1. The monoisotopic (exact) mass is 470 g/mol. The van der Waals surface area contributed by atoms with Crippen LogP contribution in [0.1, 0.15) is 52.9 Å². The van der Waals surface area contributed by atoms with Crippen LogP contribution in [-0.4, -0.2) is 78.8 Å². The van der Waals surface area contributed by atoms with Gasteiger partial charge in [-0.3, -0.25) is 9.69 Å². The number of aliphatic hydroxyl groups is 1. The van der Waals surface area contributed by atoms with Crippen molar-refractivity contribution in [3.05, 3.63) is 45.7 Å². The summed E-state index contributed by atoms with van der Waals surface area (Å²) in [6.45, 7) is 6.09. The van der Waals surface area contributed by atoms with Crippen LogP contribution < -0.4 is 0 Å². The van der Waals surface area contributed by atoms with Crippen LogP contribution in [0.25, 0.3) is 0 Å². The molecule has 34 heavy (non-hydrogen) atoms. The minimum atomic E-state index is -0.738. The van der Waals surface area contributed by atoms with E-state index >= 15 is 0 Å². The predicted octanol–water partition coefficient (Wildman–Crippen LogP) is 1.47. The maximum Gasteiger partial charge on any atom is 0.338 e. The standard InChI is InChI=1S/C25H30N2O7/c1-14-16(4-5-17-18(14)12-33-23(17)30)20(28)10-26-8-6-25(21(11-26)32-3)7-9-27(24(25)31)19-13-34-22(29)15(19)2/h4-5,20-21,28H,6-13H2,1-3H3/t20-,21?,25?/m1/s1. The van der Waals surface area contributed by atoms with Gasteiger partial charge >= 0.3 is 11.9 Å². The number of piperidine rings is 1. The number of fused-ring (bicyclic) bond motifs is 1. The van der Waals surface area contributed by atoms with Crippen molar-refractivity contribution in [2.24, 2.45) is 5.41 Å². The number of rotatable bonds is 5. The van der Waals surface area contributed by atoms with Crippen LogP contribution >= 0.6 is 0 Å². The molecule has 2 fully saturated rings. The lowest BCUT2D eigenvalue weighted by atomic mass is 9.74. The molecule has 1 aromatic rings. The van der Waals surface area contributed by atoms with Gasteiger partial charge < -0.3 is 24.2 Å². The number of amides is 1. The predicted molar refractivity (Wildman–Crippen MR) is 120 cm³/mol. The Bertz CT molecular complexity index is 1100. The number of hydrogen-bond acceptors (Lipinski definition) is 8. The highest BCUT2D eigenvalue weighted by molar-refractivity contribution is 5.95. The molecule has 1 N–H and O–H groups in total. The quantitative estimate of drug-likeness (QED) is 0.645. The van der Waals surface area contributed by atoms with E-state index in [1.54, 1.807) is 31.1 Å². The van der Waals surface area contributed by atoms with Crippen LogP contribution in [0.4, 0.5) is 0 Å². The van der Waals surface area contributed by atoms with Gasteiger partial charge in [0.05, 0.1) is 34.5 Å². The summed E-state index contributed by atoms with van der Waals surface area (Å²) >= 11 is 0. The molecule has 4 aliphatic rings. The SMILES string of the molecule is COC1CN(C[C@@H](O)c2ccc3c(c2C)COC3=O)CCC12CCN(C1=C(C)C(=O)OC1)C2=O. The third-order valence-electron chi connectivity index (χ3n) is 8.05. The minimum absolute atomic E-state index is 0.00803. The molecule has 0 aromatic heterocycles. The van der Waals surface area contributed by atoms with Gasteiger partial charge in [-0.1, -0.05) is 6.07 Å². The van der Waals surface area contributed by atoms with Gasteiger partial charge in [-0.2, -0.15) is 0 Å². The molecule has 0 saturated carbocycles. The third-order valence-corrected chi connectivity index (χ3v) is 8.05. The van der Waals surface area contributed by atoms with Crippen molar-refractivity contribution in [1.82, 2.24) is 9.80 Å². The lowest BCUT2D eigenvalue weighted by Gasteiger charge is -2.44. The molecule has 1 aromatic carbocycles. The van der Waals surface area contributed by atoms with Crippen LogP contribution in [0.2, 0.25) is 0 Å². The maximum atomic E-state index is 13.6. The molecule has 1 spiro atoms. The molecule has 0 radical (unpaired) electrons. The number of β-amino-alcohol motifs (C(OH)–C–C–N with tert-alkyl or cyclic N) is 1. The Kier molecular flexibility index (Phi) is 5.74. The zero-order chi connectivity index (χ0) is 24.2. The zero-order valence-corrected chi connectivity index (χ0v) is 19.8. The molecule has 2 unspecified atom stereocenters. The fourth-order valence-corrected chi connectivity index (χ4v) is 5.88. The molecule has 5 rings (SSSR count). The molecule has 4 aliphatic heterocycles. The van der Waals surface area contributed by atoms with Crippen LogP contribution in [0.3, 0.4) is 0 Å². The lowest BCUT2D eigenvalue weighted by Crippen LogP contribution is -2.55. The molecular formula is C25H30N2O7. The molecule has 9 nitrogen and oxygen atoms in total. The second-order valence-electron chi connectivity index (χ2n) is 9.64. The van der Waals surface area contributed by atoms with Crippen LogP contribution in [0.5, 0.6) is 0 Å². The Morgan fingerprint density at radius 1 is 1.12 bits per heavy atom. The Labute approximate surface area is 198 Å². The van der Waals surface area contributed by atoms with Crippen molar-refractivity contribution >= 4 is 17.8 Å². The summed E-state index contributed by atoms with van der Waals surface area (Å²) in [5, 5.41) is 11.0.